The highest BCUT2D eigenvalue weighted by atomic mass is 32.2. The van der Waals surface area contributed by atoms with Crippen LogP contribution >= 0.6 is 11.8 Å². The van der Waals surface area contributed by atoms with Gasteiger partial charge in [0, 0.05) is 4.90 Å². The molecule has 0 aromatic heterocycles. The van der Waals surface area contributed by atoms with Crippen LogP contribution in [0.5, 0.6) is 0 Å². The van der Waals surface area contributed by atoms with E-state index in [1.54, 1.807) is 19.2 Å². The van der Waals surface area contributed by atoms with Crippen molar-refractivity contribution in [1.82, 2.24) is 5.32 Å². The maximum Gasteiger partial charge on any atom is 0.288 e. The van der Waals surface area contributed by atoms with E-state index in [0.717, 1.165) is 13.0 Å². The lowest BCUT2D eigenvalue weighted by Gasteiger charge is -2.11. The van der Waals surface area contributed by atoms with E-state index in [4.69, 9.17) is 0 Å². The fourth-order valence-corrected chi connectivity index (χ4v) is 3.42. The van der Waals surface area contributed by atoms with Crippen LogP contribution in [-0.2, 0) is 10.0 Å². The van der Waals surface area contributed by atoms with E-state index in [1.807, 2.05) is 0 Å². The predicted octanol–water partition coefficient (Wildman–Crippen LogP) is 2.74. The number of alkyl halides is 2. The van der Waals surface area contributed by atoms with Gasteiger partial charge in [0.05, 0.1) is 11.4 Å². The maximum absolute atomic E-state index is 12.4. The van der Waals surface area contributed by atoms with E-state index in [2.05, 4.69) is 10.0 Å². The third kappa shape index (κ3) is 6.53. The molecule has 0 aliphatic rings. The largest absolute Gasteiger partial charge is 0.320 e. The SMILES string of the molecule is CNCCCCS(=O)(=O)Nc1ccccc1SC(F)F. The minimum Gasteiger partial charge on any atom is -0.320 e. The lowest BCUT2D eigenvalue weighted by atomic mass is 10.3. The number of halogens is 2. The second kappa shape index (κ2) is 8.43. The Morgan fingerprint density at radius 2 is 1.95 bits per heavy atom. The first-order chi connectivity index (χ1) is 9.44. The molecule has 2 N–H and O–H groups in total. The summed E-state index contributed by atoms with van der Waals surface area (Å²) in [6, 6.07) is 6.15. The van der Waals surface area contributed by atoms with Crippen LogP contribution in [0.2, 0.25) is 0 Å². The zero-order valence-electron chi connectivity index (χ0n) is 11.1. The molecule has 0 unspecified atom stereocenters. The zero-order chi connectivity index (χ0) is 15.0. The van der Waals surface area contributed by atoms with Crippen LogP contribution < -0.4 is 10.0 Å². The van der Waals surface area contributed by atoms with Crippen LogP contribution in [0.3, 0.4) is 0 Å². The van der Waals surface area contributed by atoms with Crippen molar-refractivity contribution in [3.63, 3.8) is 0 Å². The highest BCUT2D eigenvalue weighted by Crippen LogP contribution is 2.32. The molecule has 4 nitrogen and oxygen atoms in total. The van der Waals surface area contributed by atoms with E-state index in [-0.39, 0.29) is 16.3 Å². The minimum absolute atomic E-state index is 0.0254. The molecule has 0 aliphatic heterocycles. The average Bonchev–Trinajstić information content (AvgIpc) is 2.36. The summed E-state index contributed by atoms with van der Waals surface area (Å²) in [7, 11) is -1.71. The highest BCUT2D eigenvalue weighted by Gasteiger charge is 2.15. The molecule has 114 valence electrons. The summed E-state index contributed by atoms with van der Waals surface area (Å²) in [5.74, 6) is -2.61. The molecular formula is C12H18F2N2O2S2. The molecule has 0 spiro atoms. The van der Waals surface area contributed by atoms with E-state index in [0.29, 0.717) is 18.2 Å². The Balaban J connectivity index is 2.67. The third-order valence-corrected chi connectivity index (χ3v) is 4.60. The van der Waals surface area contributed by atoms with Gasteiger partial charge in [-0.25, -0.2) is 8.42 Å². The second-order valence-corrected chi connectivity index (χ2v) is 6.98. The Labute approximate surface area is 122 Å². The number of thioether (sulfide) groups is 1. The molecule has 0 aliphatic carbocycles. The number of benzene rings is 1. The van der Waals surface area contributed by atoms with Gasteiger partial charge < -0.3 is 5.32 Å². The molecule has 1 aromatic rings. The maximum atomic E-state index is 12.4. The Morgan fingerprint density at radius 3 is 2.60 bits per heavy atom. The number of nitrogens with one attached hydrogen (secondary N) is 2. The van der Waals surface area contributed by atoms with Crippen molar-refractivity contribution in [1.29, 1.82) is 0 Å². The van der Waals surface area contributed by atoms with Gasteiger partial charge in [0.1, 0.15) is 0 Å². The first kappa shape index (κ1) is 17.2. The summed E-state index contributed by atoms with van der Waals surface area (Å²) in [5.41, 5.74) is 0.200. The molecule has 0 atom stereocenters. The van der Waals surface area contributed by atoms with Gasteiger partial charge in [-0.15, -0.1) is 0 Å². The Kier molecular flexibility index (Phi) is 7.25. The Hall–Kier alpha value is -0.860. The molecule has 8 heteroatoms. The van der Waals surface area contributed by atoms with Crippen molar-refractivity contribution in [2.45, 2.75) is 23.5 Å². The van der Waals surface area contributed by atoms with E-state index in [1.165, 1.54) is 12.1 Å². The molecular weight excluding hydrogens is 306 g/mol. The Bertz CT molecular complexity index is 510. The fraction of sp³-hybridized carbons (Fsp3) is 0.500. The molecule has 0 fully saturated rings. The lowest BCUT2D eigenvalue weighted by Crippen LogP contribution is -2.18. The van der Waals surface area contributed by atoms with Gasteiger partial charge >= 0.3 is 0 Å². The molecule has 1 rings (SSSR count). The third-order valence-electron chi connectivity index (χ3n) is 2.46. The monoisotopic (exact) mass is 324 g/mol. The quantitative estimate of drug-likeness (QED) is 0.542. The van der Waals surface area contributed by atoms with Crippen molar-refractivity contribution in [3.05, 3.63) is 24.3 Å². The van der Waals surface area contributed by atoms with Gasteiger partial charge in [-0.2, -0.15) is 8.78 Å². The zero-order valence-corrected chi connectivity index (χ0v) is 12.7. The summed E-state index contributed by atoms with van der Waals surface area (Å²) in [6.07, 6.45) is 1.26. The topological polar surface area (TPSA) is 58.2 Å². The van der Waals surface area contributed by atoms with Gasteiger partial charge in [-0.1, -0.05) is 23.9 Å². The van der Waals surface area contributed by atoms with Crippen molar-refractivity contribution in [2.75, 3.05) is 24.1 Å². The number of hydrogen-bond donors (Lipinski definition) is 2. The number of rotatable bonds is 9. The van der Waals surface area contributed by atoms with Gasteiger partial charge in [0.25, 0.3) is 5.76 Å². The van der Waals surface area contributed by atoms with Crippen molar-refractivity contribution in [2.24, 2.45) is 0 Å². The van der Waals surface area contributed by atoms with E-state index in [9.17, 15) is 17.2 Å². The molecule has 1 aromatic carbocycles. The molecule has 0 radical (unpaired) electrons. The van der Waals surface area contributed by atoms with Crippen molar-refractivity contribution < 1.29 is 17.2 Å². The van der Waals surface area contributed by atoms with Crippen LogP contribution in [-0.4, -0.2) is 33.5 Å². The average molecular weight is 324 g/mol. The predicted molar refractivity (Wildman–Crippen MR) is 78.9 cm³/mol. The number of para-hydroxylation sites is 1. The Morgan fingerprint density at radius 1 is 1.25 bits per heavy atom. The highest BCUT2D eigenvalue weighted by molar-refractivity contribution is 7.99. The van der Waals surface area contributed by atoms with Gasteiger partial charge in [-0.05, 0) is 38.6 Å². The van der Waals surface area contributed by atoms with Gasteiger partial charge in [0.2, 0.25) is 10.0 Å². The number of sulfonamides is 1. The van der Waals surface area contributed by atoms with E-state index < -0.39 is 15.8 Å². The van der Waals surface area contributed by atoms with Crippen LogP contribution in [0.25, 0.3) is 0 Å². The van der Waals surface area contributed by atoms with Crippen LogP contribution in [0.4, 0.5) is 14.5 Å². The van der Waals surface area contributed by atoms with Crippen LogP contribution in [0.1, 0.15) is 12.8 Å². The molecule has 0 saturated carbocycles. The smallest absolute Gasteiger partial charge is 0.288 e. The normalized spacial score (nSPS) is 11.8. The molecule has 0 amide bonds. The van der Waals surface area contributed by atoms with E-state index >= 15 is 0 Å². The summed E-state index contributed by atoms with van der Waals surface area (Å²) in [6.45, 7) is 0.743. The standard InChI is InChI=1S/C12H18F2N2O2S2/c1-15-8-4-5-9-20(17,18)16-10-6-2-3-7-11(10)19-12(13)14/h2-3,6-7,12,15-16H,4-5,8-9H2,1H3. The van der Waals surface area contributed by atoms with Crippen LogP contribution in [0, 0.1) is 0 Å². The molecule has 0 heterocycles. The number of unbranched alkanes of at least 4 members (excludes halogenated alkanes) is 1. The molecule has 0 bridgehead atoms. The number of hydrogen-bond acceptors (Lipinski definition) is 4. The van der Waals surface area contributed by atoms with Gasteiger partial charge in [-0.3, -0.25) is 4.72 Å². The summed E-state index contributed by atoms with van der Waals surface area (Å²) in [4.78, 5) is 0.223. The van der Waals surface area contributed by atoms with Crippen LogP contribution in [0.15, 0.2) is 29.2 Å². The first-order valence-corrected chi connectivity index (χ1v) is 8.67. The summed E-state index contributed by atoms with van der Waals surface area (Å²) in [5, 5.41) is 2.93. The number of anilines is 1. The minimum atomic E-state index is -3.51. The summed E-state index contributed by atoms with van der Waals surface area (Å²) >= 11 is 0.327. The molecule has 20 heavy (non-hydrogen) atoms. The fourth-order valence-electron chi connectivity index (χ4n) is 1.56. The summed E-state index contributed by atoms with van der Waals surface area (Å²) < 4.78 is 50.9. The van der Waals surface area contributed by atoms with Gasteiger partial charge in [0.15, 0.2) is 0 Å². The van der Waals surface area contributed by atoms with Crippen molar-refractivity contribution >= 4 is 27.5 Å². The first-order valence-electron chi connectivity index (χ1n) is 6.13. The second-order valence-electron chi connectivity index (χ2n) is 4.11. The van der Waals surface area contributed by atoms with Crippen molar-refractivity contribution in [3.8, 4) is 0 Å². The molecule has 0 saturated heterocycles. The lowest BCUT2D eigenvalue weighted by molar-refractivity contribution is 0.252.